The third kappa shape index (κ3) is 4.20. The lowest BCUT2D eigenvalue weighted by Crippen LogP contribution is -2.32. The van der Waals surface area contributed by atoms with Crippen molar-refractivity contribution in [2.75, 3.05) is 6.61 Å². The Hall–Kier alpha value is -0.570. The molecule has 1 aliphatic rings. The molecule has 1 N–H and O–H groups in total. The van der Waals surface area contributed by atoms with Gasteiger partial charge in [0.25, 0.3) is 0 Å². The summed E-state index contributed by atoms with van der Waals surface area (Å²) in [6.45, 7) is 4.69. The molecule has 2 atom stereocenters. The molecule has 0 aromatic carbocycles. The van der Waals surface area contributed by atoms with Crippen molar-refractivity contribution in [3.8, 4) is 0 Å². The second-order valence-electron chi connectivity index (χ2n) is 4.81. The smallest absolute Gasteiger partial charge is 0.311 e. The van der Waals surface area contributed by atoms with Gasteiger partial charge in [0, 0.05) is 0 Å². The number of hydrogen-bond donors (Lipinski definition) is 1. The summed E-state index contributed by atoms with van der Waals surface area (Å²) >= 11 is 0. The highest BCUT2D eigenvalue weighted by molar-refractivity contribution is 5.73. The van der Waals surface area contributed by atoms with E-state index in [1.165, 1.54) is 0 Å². The first kappa shape index (κ1) is 12.5. The van der Waals surface area contributed by atoms with Gasteiger partial charge >= 0.3 is 5.97 Å². The van der Waals surface area contributed by atoms with Gasteiger partial charge in [0.2, 0.25) is 0 Å². The standard InChI is InChI=1S/C12H22O3/c1-9(2)7-8-15-12(14)10-5-3-4-6-11(10)13/h9-11,13H,3-8H2,1-2H3/t10-,11+/m0/s1. The van der Waals surface area contributed by atoms with Gasteiger partial charge in [-0.05, 0) is 25.2 Å². The van der Waals surface area contributed by atoms with Crippen molar-refractivity contribution in [3.05, 3.63) is 0 Å². The van der Waals surface area contributed by atoms with Crippen LogP contribution in [0.25, 0.3) is 0 Å². The fourth-order valence-electron chi connectivity index (χ4n) is 1.89. The predicted octanol–water partition coefficient (Wildman–Crippen LogP) is 2.13. The lowest BCUT2D eigenvalue weighted by molar-refractivity contribution is -0.154. The highest BCUT2D eigenvalue weighted by Crippen LogP contribution is 2.25. The van der Waals surface area contributed by atoms with Crippen molar-refractivity contribution in [1.82, 2.24) is 0 Å². The molecule has 15 heavy (non-hydrogen) atoms. The Labute approximate surface area is 91.8 Å². The molecule has 1 aliphatic carbocycles. The van der Waals surface area contributed by atoms with Crippen LogP contribution in [0.2, 0.25) is 0 Å². The average molecular weight is 214 g/mol. The van der Waals surface area contributed by atoms with E-state index in [1.54, 1.807) is 0 Å². The number of carbonyl (C=O) groups is 1. The number of aliphatic hydroxyl groups is 1. The molecule has 0 heterocycles. The van der Waals surface area contributed by atoms with E-state index < -0.39 is 6.10 Å². The first-order valence-electron chi connectivity index (χ1n) is 5.96. The molecule has 0 bridgehead atoms. The molecule has 0 spiro atoms. The van der Waals surface area contributed by atoms with E-state index in [1.807, 2.05) is 0 Å². The molecule has 0 unspecified atom stereocenters. The molecule has 0 radical (unpaired) electrons. The summed E-state index contributed by atoms with van der Waals surface area (Å²) in [4.78, 5) is 11.6. The molecule has 0 saturated heterocycles. The van der Waals surface area contributed by atoms with E-state index in [2.05, 4.69) is 13.8 Å². The van der Waals surface area contributed by atoms with Crippen LogP contribution in [0.5, 0.6) is 0 Å². The molecule has 1 fully saturated rings. The first-order chi connectivity index (χ1) is 7.11. The summed E-state index contributed by atoms with van der Waals surface area (Å²) in [5, 5.41) is 9.65. The maximum Gasteiger partial charge on any atom is 0.311 e. The fourth-order valence-corrected chi connectivity index (χ4v) is 1.89. The average Bonchev–Trinajstić information content (AvgIpc) is 2.17. The van der Waals surface area contributed by atoms with Gasteiger partial charge < -0.3 is 9.84 Å². The van der Waals surface area contributed by atoms with Gasteiger partial charge in [-0.1, -0.05) is 26.7 Å². The lowest BCUT2D eigenvalue weighted by atomic mass is 9.87. The molecule has 0 aliphatic heterocycles. The molecule has 3 nitrogen and oxygen atoms in total. The molecular weight excluding hydrogens is 192 g/mol. The van der Waals surface area contributed by atoms with Crippen molar-refractivity contribution in [3.63, 3.8) is 0 Å². The van der Waals surface area contributed by atoms with E-state index in [9.17, 15) is 9.90 Å². The predicted molar refractivity (Wildman–Crippen MR) is 58.4 cm³/mol. The molecule has 88 valence electrons. The van der Waals surface area contributed by atoms with Gasteiger partial charge in [0.1, 0.15) is 0 Å². The Morgan fingerprint density at radius 3 is 2.67 bits per heavy atom. The van der Waals surface area contributed by atoms with Crippen LogP contribution in [0.3, 0.4) is 0 Å². The van der Waals surface area contributed by atoms with Crippen LogP contribution in [-0.4, -0.2) is 23.8 Å². The normalized spacial score (nSPS) is 26.7. The number of rotatable bonds is 4. The SMILES string of the molecule is CC(C)CCOC(=O)[C@H]1CCCC[C@H]1O. The largest absolute Gasteiger partial charge is 0.465 e. The quantitative estimate of drug-likeness (QED) is 0.729. The van der Waals surface area contributed by atoms with Gasteiger partial charge in [-0.3, -0.25) is 4.79 Å². The Balaban J connectivity index is 2.26. The van der Waals surface area contributed by atoms with Crippen molar-refractivity contribution in [2.24, 2.45) is 11.8 Å². The second kappa shape index (κ2) is 6.11. The number of ether oxygens (including phenoxy) is 1. The second-order valence-corrected chi connectivity index (χ2v) is 4.81. The van der Waals surface area contributed by atoms with Gasteiger partial charge in [0.15, 0.2) is 0 Å². The van der Waals surface area contributed by atoms with Crippen LogP contribution >= 0.6 is 0 Å². The van der Waals surface area contributed by atoms with Gasteiger partial charge in [-0.2, -0.15) is 0 Å². The summed E-state index contributed by atoms with van der Waals surface area (Å²) in [7, 11) is 0. The summed E-state index contributed by atoms with van der Waals surface area (Å²) in [5.41, 5.74) is 0. The fraction of sp³-hybridized carbons (Fsp3) is 0.917. The number of esters is 1. The molecule has 0 aromatic rings. The highest BCUT2D eigenvalue weighted by atomic mass is 16.5. The van der Waals surface area contributed by atoms with Crippen molar-refractivity contribution >= 4 is 5.97 Å². The van der Waals surface area contributed by atoms with E-state index in [0.29, 0.717) is 12.5 Å². The van der Waals surface area contributed by atoms with Crippen molar-refractivity contribution < 1.29 is 14.6 Å². The van der Waals surface area contributed by atoms with Crippen LogP contribution in [0.15, 0.2) is 0 Å². The topological polar surface area (TPSA) is 46.5 Å². The molecular formula is C12H22O3. The maximum atomic E-state index is 11.6. The summed E-state index contributed by atoms with van der Waals surface area (Å²) in [6.07, 6.45) is 3.99. The zero-order valence-electron chi connectivity index (χ0n) is 9.74. The number of hydrogen-bond acceptors (Lipinski definition) is 3. The van der Waals surface area contributed by atoms with E-state index in [-0.39, 0.29) is 11.9 Å². The molecule has 0 amide bonds. The summed E-state index contributed by atoms with van der Waals surface area (Å²) in [6, 6.07) is 0. The summed E-state index contributed by atoms with van der Waals surface area (Å²) < 4.78 is 5.16. The Morgan fingerprint density at radius 1 is 1.40 bits per heavy atom. The number of carbonyl (C=O) groups excluding carboxylic acids is 1. The van der Waals surface area contributed by atoms with Gasteiger partial charge in [-0.15, -0.1) is 0 Å². The molecule has 1 saturated carbocycles. The van der Waals surface area contributed by atoms with Gasteiger partial charge in [0.05, 0.1) is 18.6 Å². The van der Waals surface area contributed by atoms with Crippen molar-refractivity contribution in [2.45, 2.75) is 52.1 Å². The van der Waals surface area contributed by atoms with Crippen LogP contribution < -0.4 is 0 Å². The zero-order chi connectivity index (χ0) is 11.3. The Morgan fingerprint density at radius 2 is 2.07 bits per heavy atom. The monoisotopic (exact) mass is 214 g/mol. The molecule has 3 heteroatoms. The number of aliphatic hydroxyl groups excluding tert-OH is 1. The maximum absolute atomic E-state index is 11.6. The molecule has 0 aromatic heterocycles. The zero-order valence-corrected chi connectivity index (χ0v) is 9.74. The first-order valence-corrected chi connectivity index (χ1v) is 5.96. The van der Waals surface area contributed by atoms with Crippen molar-refractivity contribution in [1.29, 1.82) is 0 Å². The Bertz CT molecular complexity index is 201. The summed E-state index contributed by atoms with van der Waals surface area (Å²) in [5.74, 6) is 0.0721. The lowest BCUT2D eigenvalue weighted by Gasteiger charge is -2.25. The Kier molecular flexibility index (Phi) is 5.09. The van der Waals surface area contributed by atoms with Crippen LogP contribution in [0.4, 0.5) is 0 Å². The van der Waals surface area contributed by atoms with E-state index >= 15 is 0 Å². The third-order valence-electron chi connectivity index (χ3n) is 2.97. The highest BCUT2D eigenvalue weighted by Gasteiger charge is 2.30. The molecule has 1 rings (SSSR count). The van der Waals surface area contributed by atoms with Crippen LogP contribution in [-0.2, 0) is 9.53 Å². The minimum atomic E-state index is -0.481. The minimum Gasteiger partial charge on any atom is -0.465 e. The van der Waals surface area contributed by atoms with E-state index in [4.69, 9.17) is 4.74 Å². The van der Waals surface area contributed by atoms with Crippen LogP contribution in [0, 0.1) is 11.8 Å². The van der Waals surface area contributed by atoms with E-state index in [0.717, 1.165) is 32.1 Å². The van der Waals surface area contributed by atoms with Crippen LogP contribution in [0.1, 0.15) is 46.0 Å². The minimum absolute atomic E-state index is 0.206. The van der Waals surface area contributed by atoms with Gasteiger partial charge in [-0.25, -0.2) is 0 Å². The third-order valence-corrected chi connectivity index (χ3v) is 2.97.